The van der Waals surface area contributed by atoms with Gasteiger partial charge in [-0.15, -0.1) is 0 Å². The standard InChI is InChI=1S/C26H21NO7/c1-30-19-9-6-15(25(31-2)26(19)32-3)17-12-21(28)33-18-8-7-16-23(29)20(34-24(16)22(17)18)11-14-5-4-10-27-13-14/h4-11,13,17H,12H2,1-3H3/b20-11-/t17-/m0/s1. The van der Waals surface area contributed by atoms with Crippen molar-refractivity contribution in [1.82, 2.24) is 4.98 Å². The third kappa shape index (κ3) is 3.44. The van der Waals surface area contributed by atoms with Gasteiger partial charge in [0, 0.05) is 29.4 Å². The number of fused-ring (bicyclic) bond motifs is 3. The van der Waals surface area contributed by atoms with Gasteiger partial charge in [-0.3, -0.25) is 14.6 Å². The van der Waals surface area contributed by atoms with Crippen LogP contribution >= 0.6 is 0 Å². The highest BCUT2D eigenvalue weighted by atomic mass is 16.5. The van der Waals surface area contributed by atoms with E-state index in [9.17, 15) is 9.59 Å². The Morgan fingerprint density at radius 2 is 1.79 bits per heavy atom. The van der Waals surface area contributed by atoms with Crippen LogP contribution in [-0.4, -0.2) is 38.1 Å². The number of pyridine rings is 1. The molecule has 3 aromatic rings. The van der Waals surface area contributed by atoms with Gasteiger partial charge >= 0.3 is 5.97 Å². The molecular formula is C26H21NO7. The third-order valence-corrected chi connectivity index (χ3v) is 5.87. The number of carbonyl (C=O) groups is 2. The van der Waals surface area contributed by atoms with E-state index >= 15 is 0 Å². The summed E-state index contributed by atoms with van der Waals surface area (Å²) < 4.78 is 28.2. The lowest BCUT2D eigenvalue weighted by Gasteiger charge is -2.28. The smallest absolute Gasteiger partial charge is 0.312 e. The third-order valence-electron chi connectivity index (χ3n) is 5.87. The molecule has 0 amide bonds. The minimum Gasteiger partial charge on any atom is -0.493 e. The second kappa shape index (κ2) is 8.55. The number of allylic oxidation sites excluding steroid dienone is 1. The minimum atomic E-state index is -0.494. The quantitative estimate of drug-likeness (QED) is 0.319. The summed E-state index contributed by atoms with van der Waals surface area (Å²) in [7, 11) is 4.57. The molecule has 0 N–H and O–H groups in total. The van der Waals surface area contributed by atoms with E-state index in [0.29, 0.717) is 45.4 Å². The van der Waals surface area contributed by atoms with Gasteiger partial charge in [-0.25, -0.2) is 0 Å². The van der Waals surface area contributed by atoms with Gasteiger partial charge < -0.3 is 23.7 Å². The van der Waals surface area contributed by atoms with Gasteiger partial charge in [-0.1, -0.05) is 12.1 Å². The summed E-state index contributed by atoms with van der Waals surface area (Å²) in [5.74, 6) is 1.07. The predicted molar refractivity (Wildman–Crippen MR) is 122 cm³/mol. The average Bonchev–Trinajstić information content (AvgIpc) is 3.17. The molecule has 0 spiro atoms. The normalized spacial score (nSPS) is 17.5. The molecule has 3 heterocycles. The molecule has 172 valence electrons. The van der Waals surface area contributed by atoms with Crippen molar-refractivity contribution in [2.75, 3.05) is 21.3 Å². The summed E-state index contributed by atoms with van der Waals surface area (Å²) in [6.07, 6.45) is 4.97. The van der Waals surface area contributed by atoms with Crippen LogP contribution in [0.2, 0.25) is 0 Å². The number of esters is 1. The van der Waals surface area contributed by atoms with Gasteiger partial charge in [0.15, 0.2) is 17.3 Å². The van der Waals surface area contributed by atoms with E-state index in [0.717, 1.165) is 5.56 Å². The van der Waals surface area contributed by atoms with Crippen LogP contribution in [0.5, 0.6) is 28.7 Å². The van der Waals surface area contributed by atoms with Crippen LogP contribution in [0.25, 0.3) is 6.08 Å². The number of nitrogens with zero attached hydrogens (tertiary/aromatic N) is 1. The molecule has 0 fully saturated rings. The minimum absolute atomic E-state index is 0.0362. The summed E-state index contributed by atoms with van der Waals surface area (Å²) in [4.78, 5) is 29.7. The predicted octanol–water partition coefficient (Wildman–Crippen LogP) is 4.16. The molecule has 8 nitrogen and oxygen atoms in total. The molecule has 0 aliphatic carbocycles. The molecule has 0 bridgehead atoms. The number of rotatable bonds is 5. The highest BCUT2D eigenvalue weighted by molar-refractivity contribution is 6.15. The van der Waals surface area contributed by atoms with E-state index in [1.165, 1.54) is 21.3 Å². The van der Waals surface area contributed by atoms with Crippen LogP contribution in [0.15, 0.2) is 54.6 Å². The fourth-order valence-corrected chi connectivity index (χ4v) is 4.38. The first-order chi connectivity index (χ1) is 16.5. The summed E-state index contributed by atoms with van der Waals surface area (Å²) in [6, 6.07) is 10.4. The fraction of sp³-hybridized carbons (Fsp3) is 0.192. The van der Waals surface area contributed by atoms with E-state index in [2.05, 4.69) is 4.98 Å². The Bertz CT molecular complexity index is 1330. The number of benzene rings is 2. The molecule has 0 saturated carbocycles. The largest absolute Gasteiger partial charge is 0.493 e. The Kier molecular flexibility index (Phi) is 5.41. The molecule has 2 aliphatic heterocycles. The fourth-order valence-electron chi connectivity index (χ4n) is 4.38. The first kappa shape index (κ1) is 21.5. The molecule has 8 heteroatoms. The number of hydrogen-bond acceptors (Lipinski definition) is 8. The Hall–Kier alpha value is -4.33. The van der Waals surface area contributed by atoms with Crippen molar-refractivity contribution < 1.29 is 33.3 Å². The average molecular weight is 459 g/mol. The number of Topliss-reactive ketones (excluding diaryl/α,β-unsaturated/α-hetero) is 1. The SMILES string of the molecule is COc1ccc([C@@H]2CC(=O)Oc3ccc4c(c32)O/C(=C\c2cccnc2)C4=O)c(OC)c1OC. The lowest BCUT2D eigenvalue weighted by Crippen LogP contribution is -2.22. The molecule has 0 radical (unpaired) electrons. The Balaban J connectivity index is 1.66. The molecular weight excluding hydrogens is 438 g/mol. The van der Waals surface area contributed by atoms with Gasteiger partial charge in [0.05, 0.1) is 33.3 Å². The van der Waals surface area contributed by atoms with Crippen molar-refractivity contribution in [3.05, 3.63) is 76.8 Å². The number of hydrogen-bond donors (Lipinski definition) is 0. The van der Waals surface area contributed by atoms with E-state index in [4.69, 9.17) is 23.7 Å². The van der Waals surface area contributed by atoms with Crippen molar-refractivity contribution in [2.24, 2.45) is 0 Å². The van der Waals surface area contributed by atoms with Crippen molar-refractivity contribution in [3.63, 3.8) is 0 Å². The molecule has 2 aliphatic rings. The van der Waals surface area contributed by atoms with Crippen molar-refractivity contribution in [1.29, 1.82) is 0 Å². The van der Waals surface area contributed by atoms with Crippen LogP contribution in [0.3, 0.4) is 0 Å². The van der Waals surface area contributed by atoms with Gasteiger partial charge in [-0.2, -0.15) is 0 Å². The molecule has 1 aromatic heterocycles. The van der Waals surface area contributed by atoms with E-state index in [1.807, 2.05) is 12.1 Å². The lowest BCUT2D eigenvalue weighted by molar-refractivity contribution is -0.135. The molecule has 5 rings (SSSR count). The Labute approximate surface area is 195 Å². The van der Waals surface area contributed by atoms with Gasteiger partial charge in [0.2, 0.25) is 11.5 Å². The van der Waals surface area contributed by atoms with Crippen molar-refractivity contribution >= 4 is 17.8 Å². The molecule has 34 heavy (non-hydrogen) atoms. The summed E-state index contributed by atoms with van der Waals surface area (Å²) in [5.41, 5.74) is 2.42. The van der Waals surface area contributed by atoms with Crippen LogP contribution in [-0.2, 0) is 4.79 Å². The second-order valence-electron chi connectivity index (χ2n) is 7.73. The Morgan fingerprint density at radius 3 is 2.50 bits per heavy atom. The maximum atomic E-state index is 13.1. The summed E-state index contributed by atoms with van der Waals surface area (Å²) in [5, 5.41) is 0. The van der Waals surface area contributed by atoms with Crippen LogP contribution in [0.1, 0.15) is 39.4 Å². The number of aromatic nitrogens is 1. The molecule has 0 unspecified atom stereocenters. The number of ether oxygens (including phenoxy) is 5. The first-order valence-corrected chi connectivity index (χ1v) is 10.6. The number of ketones is 1. The number of carbonyl (C=O) groups excluding carboxylic acids is 2. The van der Waals surface area contributed by atoms with Gasteiger partial charge in [0.25, 0.3) is 0 Å². The van der Waals surface area contributed by atoms with E-state index in [-0.39, 0.29) is 18.0 Å². The zero-order valence-electron chi connectivity index (χ0n) is 18.8. The van der Waals surface area contributed by atoms with Crippen molar-refractivity contribution in [2.45, 2.75) is 12.3 Å². The Morgan fingerprint density at radius 1 is 0.971 bits per heavy atom. The first-order valence-electron chi connectivity index (χ1n) is 10.6. The van der Waals surface area contributed by atoms with Gasteiger partial charge in [-0.05, 0) is 35.9 Å². The van der Waals surface area contributed by atoms with Crippen LogP contribution in [0.4, 0.5) is 0 Å². The molecule has 0 saturated heterocycles. The van der Waals surface area contributed by atoms with E-state index in [1.54, 1.807) is 42.7 Å². The topological polar surface area (TPSA) is 93.2 Å². The monoisotopic (exact) mass is 459 g/mol. The van der Waals surface area contributed by atoms with Gasteiger partial charge in [0.1, 0.15) is 11.5 Å². The van der Waals surface area contributed by atoms with Crippen LogP contribution < -0.4 is 23.7 Å². The maximum absolute atomic E-state index is 13.1. The summed E-state index contributed by atoms with van der Waals surface area (Å²) >= 11 is 0. The van der Waals surface area contributed by atoms with Crippen LogP contribution in [0, 0.1) is 0 Å². The molecule has 2 aromatic carbocycles. The molecule has 1 atom stereocenters. The van der Waals surface area contributed by atoms with E-state index < -0.39 is 11.9 Å². The second-order valence-corrected chi connectivity index (χ2v) is 7.73. The number of methoxy groups -OCH3 is 3. The van der Waals surface area contributed by atoms with Crippen molar-refractivity contribution in [3.8, 4) is 28.7 Å². The summed E-state index contributed by atoms with van der Waals surface area (Å²) in [6.45, 7) is 0. The maximum Gasteiger partial charge on any atom is 0.312 e. The highest BCUT2D eigenvalue weighted by Gasteiger charge is 2.40. The zero-order valence-corrected chi connectivity index (χ0v) is 18.8. The zero-order chi connectivity index (χ0) is 23.8. The highest BCUT2D eigenvalue weighted by Crippen LogP contribution is 2.52. The lowest BCUT2D eigenvalue weighted by atomic mass is 9.84.